The molecule has 1 aliphatic heterocycles. The summed E-state index contributed by atoms with van der Waals surface area (Å²) in [6.45, 7) is 0.394. The van der Waals surface area contributed by atoms with Crippen LogP contribution in [-0.2, 0) is 9.59 Å². The number of carboxylic acid groups (broad SMARTS) is 1. The molecular formula is C13H17N3O3. The lowest BCUT2D eigenvalue weighted by molar-refractivity contribution is -0.135. The second-order valence-corrected chi connectivity index (χ2v) is 4.64. The molecule has 1 amide bonds. The summed E-state index contributed by atoms with van der Waals surface area (Å²) in [6, 6.07) is 6.55. The summed E-state index contributed by atoms with van der Waals surface area (Å²) < 4.78 is 0. The highest BCUT2D eigenvalue weighted by atomic mass is 16.4. The number of hydrogen-bond acceptors (Lipinski definition) is 4. The lowest BCUT2D eigenvalue weighted by Gasteiger charge is -2.29. The van der Waals surface area contributed by atoms with Gasteiger partial charge in [-0.3, -0.25) is 9.59 Å². The molecule has 3 N–H and O–H groups in total. The Morgan fingerprint density at radius 2 is 2.21 bits per heavy atom. The molecule has 1 saturated heterocycles. The van der Waals surface area contributed by atoms with Gasteiger partial charge in [0.15, 0.2) is 0 Å². The van der Waals surface area contributed by atoms with Crippen molar-refractivity contribution in [2.75, 3.05) is 30.8 Å². The van der Waals surface area contributed by atoms with Crippen LogP contribution in [0.5, 0.6) is 0 Å². The van der Waals surface area contributed by atoms with Gasteiger partial charge < -0.3 is 20.6 Å². The maximum atomic E-state index is 12.1. The Morgan fingerprint density at radius 3 is 2.74 bits per heavy atom. The molecule has 0 radical (unpaired) electrons. The van der Waals surface area contributed by atoms with Crippen molar-refractivity contribution in [1.82, 2.24) is 4.90 Å². The Hall–Kier alpha value is -2.24. The number of nitrogen functional groups attached to an aromatic ring is 1. The maximum Gasteiger partial charge on any atom is 0.323 e. The van der Waals surface area contributed by atoms with Crippen LogP contribution in [0.3, 0.4) is 0 Å². The third-order valence-corrected chi connectivity index (χ3v) is 3.33. The number of hydrogen-bond donors (Lipinski definition) is 2. The average Bonchev–Trinajstić information content (AvgIpc) is 2.68. The molecule has 6 heteroatoms. The van der Waals surface area contributed by atoms with Crippen molar-refractivity contribution in [3.05, 3.63) is 24.3 Å². The zero-order chi connectivity index (χ0) is 14.0. The third kappa shape index (κ3) is 2.62. The summed E-state index contributed by atoms with van der Waals surface area (Å²) >= 11 is 0. The van der Waals surface area contributed by atoms with E-state index in [9.17, 15) is 9.59 Å². The van der Waals surface area contributed by atoms with Crippen molar-refractivity contribution in [3.63, 3.8) is 0 Å². The molecule has 6 nitrogen and oxygen atoms in total. The second kappa shape index (κ2) is 5.17. The second-order valence-electron chi connectivity index (χ2n) is 4.64. The van der Waals surface area contributed by atoms with E-state index in [4.69, 9.17) is 10.8 Å². The van der Waals surface area contributed by atoms with Gasteiger partial charge >= 0.3 is 5.97 Å². The summed E-state index contributed by atoms with van der Waals surface area (Å²) in [5.74, 6) is -1.05. The molecule has 0 spiro atoms. The Labute approximate surface area is 111 Å². The van der Waals surface area contributed by atoms with E-state index in [1.807, 2.05) is 0 Å². The Balaban J connectivity index is 2.34. The van der Waals surface area contributed by atoms with E-state index in [2.05, 4.69) is 0 Å². The Bertz CT molecular complexity index is 504. The van der Waals surface area contributed by atoms with Crippen LogP contribution in [0.15, 0.2) is 24.3 Å². The molecule has 1 heterocycles. The molecule has 1 fully saturated rings. The van der Waals surface area contributed by atoms with Gasteiger partial charge in [0, 0.05) is 13.6 Å². The smallest absolute Gasteiger partial charge is 0.323 e. The van der Waals surface area contributed by atoms with Crippen molar-refractivity contribution >= 4 is 23.3 Å². The minimum atomic E-state index is -0.981. The lowest BCUT2D eigenvalue weighted by atomic mass is 10.1. The van der Waals surface area contributed by atoms with Crippen molar-refractivity contribution in [2.45, 2.75) is 12.5 Å². The fraction of sp³-hybridized carbons (Fsp3) is 0.385. The number of amides is 1. The zero-order valence-electron chi connectivity index (χ0n) is 10.7. The summed E-state index contributed by atoms with van der Waals surface area (Å²) in [6.07, 6.45) is 0.608. The third-order valence-electron chi connectivity index (χ3n) is 3.33. The van der Waals surface area contributed by atoms with Gasteiger partial charge in [-0.05, 0) is 18.6 Å². The molecule has 1 aliphatic rings. The quantitative estimate of drug-likeness (QED) is 0.767. The number of benzene rings is 1. The van der Waals surface area contributed by atoms with Crippen molar-refractivity contribution in [2.24, 2.45) is 0 Å². The lowest BCUT2D eigenvalue weighted by Crippen LogP contribution is -2.44. The first kappa shape index (κ1) is 13.2. The molecule has 1 aromatic carbocycles. The van der Waals surface area contributed by atoms with Gasteiger partial charge in [0.05, 0.1) is 11.4 Å². The molecule has 1 atom stereocenters. The van der Waals surface area contributed by atoms with E-state index < -0.39 is 12.0 Å². The number of likely N-dealkylation sites (N-methyl/N-ethyl adjacent to an activating group) is 1. The molecule has 0 aliphatic carbocycles. The minimum Gasteiger partial charge on any atom is -0.480 e. The maximum absolute atomic E-state index is 12.1. The van der Waals surface area contributed by atoms with E-state index in [0.29, 0.717) is 24.3 Å². The number of nitrogens with zero attached hydrogens (tertiary/aromatic N) is 2. The van der Waals surface area contributed by atoms with Crippen LogP contribution in [-0.4, -0.2) is 48.1 Å². The number of rotatable bonds is 4. The molecule has 1 aromatic rings. The number of para-hydroxylation sites is 2. The normalized spacial score (nSPS) is 18.7. The van der Waals surface area contributed by atoms with Crippen LogP contribution >= 0.6 is 0 Å². The van der Waals surface area contributed by atoms with Crippen LogP contribution in [0, 0.1) is 0 Å². The minimum absolute atomic E-state index is 0.0653. The standard InChI is InChI=1S/C13H17N3O3/c1-15-7-6-11(13(15)19)16(8-12(17)18)10-5-3-2-4-9(10)14/h2-5,11H,6-8,14H2,1H3,(H,17,18). The van der Waals surface area contributed by atoms with Crippen LogP contribution in [0.4, 0.5) is 11.4 Å². The first-order chi connectivity index (χ1) is 9.00. The molecular weight excluding hydrogens is 246 g/mol. The molecule has 2 rings (SSSR count). The van der Waals surface area contributed by atoms with E-state index in [1.165, 1.54) is 0 Å². The first-order valence-electron chi connectivity index (χ1n) is 6.08. The highest BCUT2D eigenvalue weighted by molar-refractivity contribution is 5.90. The van der Waals surface area contributed by atoms with Crippen LogP contribution < -0.4 is 10.6 Å². The van der Waals surface area contributed by atoms with E-state index in [-0.39, 0.29) is 12.5 Å². The van der Waals surface area contributed by atoms with Gasteiger partial charge in [-0.25, -0.2) is 0 Å². The van der Waals surface area contributed by atoms with Gasteiger partial charge in [0.1, 0.15) is 12.6 Å². The predicted octanol–water partition coefficient (Wildman–Crippen LogP) is 0.390. The topological polar surface area (TPSA) is 86.9 Å². The van der Waals surface area contributed by atoms with Gasteiger partial charge in [0.2, 0.25) is 5.91 Å². The monoisotopic (exact) mass is 263 g/mol. The van der Waals surface area contributed by atoms with Crippen molar-refractivity contribution in [1.29, 1.82) is 0 Å². The van der Waals surface area contributed by atoms with Gasteiger partial charge in [-0.15, -0.1) is 0 Å². The average molecular weight is 263 g/mol. The Morgan fingerprint density at radius 1 is 1.53 bits per heavy atom. The number of nitrogens with two attached hydrogens (primary N) is 1. The van der Waals surface area contributed by atoms with Gasteiger partial charge in [-0.1, -0.05) is 12.1 Å². The van der Waals surface area contributed by atoms with E-state index >= 15 is 0 Å². The van der Waals surface area contributed by atoms with Gasteiger partial charge in [-0.2, -0.15) is 0 Å². The number of anilines is 2. The molecule has 0 bridgehead atoms. The fourth-order valence-electron chi connectivity index (χ4n) is 2.35. The van der Waals surface area contributed by atoms with E-state index in [0.717, 1.165) is 0 Å². The van der Waals surface area contributed by atoms with Crippen LogP contribution in [0.2, 0.25) is 0 Å². The largest absolute Gasteiger partial charge is 0.480 e. The Kier molecular flexibility index (Phi) is 3.59. The van der Waals surface area contributed by atoms with Crippen molar-refractivity contribution in [3.8, 4) is 0 Å². The fourth-order valence-corrected chi connectivity index (χ4v) is 2.35. The number of likely N-dealkylation sites (tertiary alicyclic amines) is 1. The van der Waals surface area contributed by atoms with Crippen LogP contribution in [0.1, 0.15) is 6.42 Å². The van der Waals surface area contributed by atoms with Crippen LogP contribution in [0.25, 0.3) is 0 Å². The molecule has 0 aromatic heterocycles. The molecule has 1 unspecified atom stereocenters. The number of carbonyl (C=O) groups excluding carboxylic acids is 1. The summed E-state index contributed by atoms with van der Waals surface area (Å²) in [5, 5.41) is 9.04. The molecule has 102 valence electrons. The number of carbonyl (C=O) groups is 2. The highest BCUT2D eigenvalue weighted by Crippen LogP contribution is 2.28. The molecule has 19 heavy (non-hydrogen) atoms. The summed E-state index contributed by atoms with van der Waals surface area (Å²) in [7, 11) is 1.72. The predicted molar refractivity (Wildman–Crippen MR) is 71.9 cm³/mol. The molecule has 0 saturated carbocycles. The summed E-state index contributed by atoms with van der Waals surface area (Å²) in [4.78, 5) is 26.3. The summed E-state index contributed by atoms with van der Waals surface area (Å²) in [5.41, 5.74) is 6.96. The van der Waals surface area contributed by atoms with Crippen molar-refractivity contribution < 1.29 is 14.7 Å². The highest BCUT2D eigenvalue weighted by Gasteiger charge is 2.35. The van der Waals surface area contributed by atoms with E-state index in [1.54, 1.807) is 41.1 Å². The first-order valence-corrected chi connectivity index (χ1v) is 6.08. The number of carboxylic acids is 1. The SMILES string of the molecule is CN1CCC(N(CC(=O)O)c2ccccc2N)C1=O. The number of aliphatic carboxylic acids is 1. The zero-order valence-corrected chi connectivity index (χ0v) is 10.7. The van der Waals surface area contributed by atoms with Gasteiger partial charge in [0.25, 0.3) is 0 Å².